The zero-order chi connectivity index (χ0) is 13.1. The molecular weight excluding hydrogens is 341 g/mol. The van der Waals surface area contributed by atoms with Gasteiger partial charge in [0.2, 0.25) is 0 Å². The molecule has 1 amide bonds. The maximum Gasteiger partial charge on any atom is 0.254 e. The summed E-state index contributed by atoms with van der Waals surface area (Å²) in [7, 11) is 0. The Morgan fingerprint density at radius 1 is 1.50 bits per heavy atom. The largest absolute Gasteiger partial charge is 0.373 e. The van der Waals surface area contributed by atoms with Gasteiger partial charge < -0.3 is 9.64 Å². The van der Waals surface area contributed by atoms with Crippen LogP contribution in [0.15, 0.2) is 22.7 Å². The maximum atomic E-state index is 12.3. The van der Waals surface area contributed by atoms with Crippen molar-refractivity contribution in [2.45, 2.75) is 6.10 Å². The van der Waals surface area contributed by atoms with Gasteiger partial charge in [0, 0.05) is 28.1 Å². The molecule has 98 valence electrons. The number of amides is 1. The van der Waals surface area contributed by atoms with Crippen LogP contribution in [-0.2, 0) is 4.74 Å². The lowest BCUT2D eigenvalue weighted by Crippen LogP contribution is -2.46. The summed E-state index contributed by atoms with van der Waals surface area (Å²) in [6.45, 7) is 1.62. The average molecular weight is 353 g/mol. The van der Waals surface area contributed by atoms with Crippen LogP contribution in [0.3, 0.4) is 0 Å². The molecule has 0 radical (unpaired) electrons. The van der Waals surface area contributed by atoms with Crippen molar-refractivity contribution in [1.82, 2.24) is 4.90 Å². The molecule has 18 heavy (non-hydrogen) atoms. The van der Waals surface area contributed by atoms with Gasteiger partial charge in [0.15, 0.2) is 0 Å². The number of nitrogens with zero attached hydrogens (tertiary/aromatic N) is 1. The Labute approximate surface area is 124 Å². The number of hydrogen-bond donors (Lipinski definition) is 0. The van der Waals surface area contributed by atoms with E-state index in [0.29, 0.717) is 36.2 Å². The number of benzene rings is 1. The van der Waals surface area contributed by atoms with Crippen molar-refractivity contribution >= 4 is 45.0 Å². The number of ether oxygens (including phenoxy) is 1. The van der Waals surface area contributed by atoms with E-state index >= 15 is 0 Å². The van der Waals surface area contributed by atoms with Crippen LogP contribution in [0.1, 0.15) is 10.4 Å². The normalized spacial score (nSPS) is 19.9. The van der Waals surface area contributed by atoms with Crippen LogP contribution in [-0.4, -0.2) is 42.5 Å². The van der Waals surface area contributed by atoms with Gasteiger partial charge in [0.05, 0.1) is 18.6 Å². The van der Waals surface area contributed by atoms with Gasteiger partial charge in [-0.1, -0.05) is 27.5 Å². The summed E-state index contributed by atoms with van der Waals surface area (Å²) in [6, 6.07) is 5.18. The van der Waals surface area contributed by atoms with E-state index in [4.69, 9.17) is 27.9 Å². The highest BCUT2D eigenvalue weighted by Crippen LogP contribution is 2.21. The van der Waals surface area contributed by atoms with Crippen LogP contribution >= 0.6 is 39.1 Å². The summed E-state index contributed by atoms with van der Waals surface area (Å²) in [5.74, 6) is 0.347. The van der Waals surface area contributed by atoms with Gasteiger partial charge >= 0.3 is 0 Å². The van der Waals surface area contributed by atoms with E-state index < -0.39 is 0 Å². The van der Waals surface area contributed by atoms with Crippen molar-refractivity contribution in [3.05, 3.63) is 33.3 Å². The van der Waals surface area contributed by atoms with Crippen molar-refractivity contribution in [2.24, 2.45) is 0 Å². The second kappa shape index (κ2) is 6.24. The quantitative estimate of drug-likeness (QED) is 0.765. The van der Waals surface area contributed by atoms with E-state index in [1.54, 1.807) is 23.1 Å². The van der Waals surface area contributed by atoms with Crippen LogP contribution in [0.5, 0.6) is 0 Å². The highest BCUT2D eigenvalue weighted by Gasteiger charge is 2.24. The molecule has 1 aromatic rings. The van der Waals surface area contributed by atoms with Crippen molar-refractivity contribution in [3.8, 4) is 0 Å². The Morgan fingerprint density at radius 2 is 2.28 bits per heavy atom. The first-order chi connectivity index (χ1) is 8.60. The molecule has 1 saturated heterocycles. The molecule has 2 rings (SSSR count). The Hall–Kier alpha value is -0.290. The molecule has 1 aliphatic rings. The summed E-state index contributed by atoms with van der Waals surface area (Å²) in [5, 5.41) is 0.537. The lowest BCUT2D eigenvalue weighted by molar-refractivity contribution is -0.0108. The van der Waals surface area contributed by atoms with Gasteiger partial charge in [0.1, 0.15) is 0 Å². The second-order valence-corrected chi connectivity index (χ2v) is 5.72. The number of rotatable bonds is 2. The third-order valence-corrected chi connectivity index (χ3v) is 3.73. The lowest BCUT2D eigenvalue weighted by Gasteiger charge is -2.32. The Morgan fingerprint density at radius 3 is 2.94 bits per heavy atom. The Kier molecular flexibility index (Phi) is 4.90. The van der Waals surface area contributed by atoms with Crippen LogP contribution in [0.2, 0.25) is 5.02 Å². The standard InChI is InChI=1S/C12H12BrCl2NO2/c13-9-3-8(4-10(15)5-9)12(17)16-1-2-18-11(6-14)7-16/h3-5,11H,1-2,6-7H2. The number of carbonyl (C=O) groups is 1. The topological polar surface area (TPSA) is 29.5 Å². The van der Waals surface area contributed by atoms with Gasteiger partial charge in [-0.25, -0.2) is 0 Å². The summed E-state index contributed by atoms with van der Waals surface area (Å²) >= 11 is 15.0. The zero-order valence-electron chi connectivity index (χ0n) is 9.54. The molecule has 1 atom stereocenters. The Balaban J connectivity index is 2.15. The molecule has 1 fully saturated rings. The SMILES string of the molecule is O=C(c1cc(Cl)cc(Br)c1)N1CCOC(CCl)C1. The van der Waals surface area contributed by atoms with Gasteiger partial charge in [-0.15, -0.1) is 11.6 Å². The average Bonchev–Trinajstić information content (AvgIpc) is 2.37. The molecule has 0 saturated carbocycles. The smallest absolute Gasteiger partial charge is 0.254 e. The fourth-order valence-electron chi connectivity index (χ4n) is 1.86. The lowest BCUT2D eigenvalue weighted by atomic mass is 10.2. The monoisotopic (exact) mass is 351 g/mol. The number of alkyl halides is 1. The minimum atomic E-state index is -0.0907. The van der Waals surface area contributed by atoms with E-state index in [-0.39, 0.29) is 12.0 Å². The van der Waals surface area contributed by atoms with Gasteiger partial charge in [-0.2, -0.15) is 0 Å². The van der Waals surface area contributed by atoms with Crippen LogP contribution in [0.4, 0.5) is 0 Å². The van der Waals surface area contributed by atoms with Crippen molar-refractivity contribution in [1.29, 1.82) is 0 Å². The highest BCUT2D eigenvalue weighted by atomic mass is 79.9. The van der Waals surface area contributed by atoms with Gasteiger partial charge in [0.25, 0.3) is 5.91 Å². The maximum absolute atomic E-state index is 12.3. The second-order valence-electron chi connectivity index (χ2n) is 4.06. The first kappa shape index (κ1) is 14.1. The summed E-state index contributed by atoms with van der Waals surface area (Å²) in [6.07, 6.45) is -0.0907. The van der Waals surface area contributed by atoms with E-state index in [2.05, 4.69) is 15.9 Å². The van der Waals surface area contributed by atoms with Gasteiger partial charge in [-0.3, -0.25) is 4.79 Å². The number of morpholine rings is 1. The van der Waals surface area contributed by atoms with Crippen LogP contribution in [0.25, 0.3) is 0 Å². The molecule has 0 bridgehead atoms. The molecule has 0 aromatic heterocycles. The van der Waals surface area contributed by atoms with Crippen LogP contribution < -0.4 is 0 Å². The molecule has 3 nitrogen and oxygen atoms in total. The zero-order valence-corrected chi connectivity index (χ0v) is 12.6. The summed E-state index contributed by atoms with van der Waals surface area (Å²) < 4.78 is 6.22. The third kappa shape index (κ3) is 3.38. The first-order valence-corrected chi connectivity index (χ1v) is 7.23. The predicted molar refractivity (Wildman–Crippen MR) is 75.5 cm³/mol. The number of halogens is 3. The van der Waals surface area contributed by atoms with E-state index in [1.807, 2.05) is 0 Å². The molecule has 0 spiro atoms. The molecule has 0 aliphatic carbocycles. The Bertz CT molecular complexity index is 435. The molecule has 1 heterocycles. The number of carbonyl (C=O) groups excluding carboxylic acids is 1. The van der Waals surface area contributed by atoms with E-state index in [0.717, 1.165) is 4.47 Å². The molecule has 1 aromatic carbocycles. The molecule has 0 N–H and O–H groups in total. The fourth-order valence-corrected chi connectivity index (χ4v) is 2.90. The number of hydrogen-bond acceptors (Lipinski definition) is 2. The van der Waals surface area contributed by atoms with Gasteiger partial charge in [-0.05, 0) is 18.2 Å². The first-order valence-electron chi connectivity index (χ1n) is 5.53. The molecule has 1 unspecified atom stereocenters. The molecule has 1 aliphatic heterocycles. The van der Waals surface area contributed by atoms with Crippen molar-refractivity contribution in [2.75, 3.05) is 25.6 Å². The third-order valence-electron chi connectivity index (χ3n) is 2.71. The highest BCUT2D eigenvalue weighted by molar-refractivity contribution is 9.10. The van der Waals surface area contributed by atoms with Crippen molar-refractivity contribution in [3.63, 3.8) is 0 Å². The molecule has 6 heteroatoms. The van der Waals surface area contributed by atoms with E-state index in [1.165, 1.54) is 0 Å². The van der Waals surface area contributed by atoms with E-state index in [9.17, 15) is 4.79 Å². The minimum Gasteiger partial charge on any atom is -0.373 e. The summed E-state index contributed by atoms with van der Waals surface area (Å²) in [4.78, 5) is 14.1. The summed E-state index contributed by atoms with van der Waals surface area (Å²) in [5.41, 5.74) is 0.574. The predicted octanol–water partition coefficient (Wildman–Crippen LogP) is 3.18. The fraction of sp³-hybridized carbons (Fsp3) is 0.417. The van der Waals surface area contributed by atoms with Crippen molar-refractivity contribution < 1.29 is 9.53 Å². The molecular formula is C12H12BrCl2NO2. The minimum absolute atomic E-state index is 0.0448. The van der Waals surface area contributed by atoms with Crippen LogP contribution in [0, 0.1) is 0 Å².